The van der Waals surface area contributed by atoms with Gasteiger partial charge in [-0.2, -0.15) is 0 Å². The first-order valence-electron chi connectivity index (χ1n) is 6.08. The Hall–Kier alpha value is -0.570. The zero-order valence-electron chi connectivity index (χ0n) is 10.2. The molecule has 0 spiro atoms. The van der Waals surface area contributed by atoms with Crippen LogP contribution >= 0.6 is 0 Å². The van der Waals surface area contributed by atoms with E-state index in [4.69, 9.17) is 5.73 Å². The highest BCUT2D eigenvalue weighted by Crippen LogP contribution is 2.26. The number of carbonyl (C=O) groups excluding carboxylic acids is 1. The van der Waals surface area contributed by atoms with Gasteiger partial charge in [-0.15, -0.1) is 0 Å². The molecule has 0 aliphatic heterocycles. The van der Waals surface area contributed by atoms with Gasteiger partial charge >= 0.3 is 0 Å². The molecule has 1 fully saturated rings. The van der Waals surface area contributed by atoms with Crippen LogP contribution in [0.1, 0.15) is 46.0 Å². The Bertz CT molecular complexity index is 218. The van der Waals surface area contributed by atoms with Gasteiger partial charge in [-0.1, -0.05) is 13.3 Å². The average Bonchev–Trinajstić information content (AvgIpc) is 2.63. The highest BCUT2D eigenvalue weighted by molar-refractivity contribution is 5.79. The summed E-state index contributed by atoms with van der Waals surface area (Å²) in [6.45, 7) is 4.27. The lowest BCUT2D eigenvalue weighted by Crippen LogP contribution is -2.38. The predicted molar refractivity (Wildman–Crippen MR) is 62.5 cm³/mol. The summed E-state index contributed by atoms with van der Waals surface area (Å²) in [4.78, 5) is 14.0. The van der Waals surface area contributed by atoms with E-state index in [-0.39, 0.29) is 12.0 Å². The van der Waals surface area contributed by atoms with Crippen LogP contribution in [0.15, 0.2) is 0 Å². The summed E-state index contributed by atoms with van der Waals surface area (Å²) >= 11 is 0. The zero-order chi connectivity index (χ0) is 11.4. The molecule has 0 saturated heterocycles. The summed E-state index contributed by atoms with van der Waals surface area (Å²) < 4.78 is 0. The third-order valence-electron chi connectivity index (χ3n) is 3.54. The number of hydrogen-bond acceptors (Lipinski definition) is 2. The molecule has 0 heterocycles. The molecule has 0 bridgehead atoms. The van der Waals surface area contributed by atoms with E-state index in [0.29, 0.717) is 11.9 Å². The summed E-state index contributed by atoms with van der Waals surface area (Å²) in [6, 6.07) is 0.605. The molecule has 2 N–H and O–H groups in total. The van der Waals surface area contributed by atoms with Crippen LogP contribution in [0.2, 0.25) is 0 Å². The minimum atomic E-state index is 0.185. The van der Waals surface area contributed by atoms with Crippen molar-refractivity contribution >= 4 is 5.91 Å². The van der Waals surface area contributed by atoms with Gasteiger partial charge in [0.05, 0.1) is 0 Å². The Balaban J connectivity index is 2.45. The Kier molecular flexibility index (Phi) is 4.58. The average molecular weight is 212 g/mol. The quantitative estimate of drug-likeness (QED) is 0.772. The molecule has 1 amide bonds. The molecule has 0 aromatic carbocycles. The zero-order valence-corrected chi connectivity index (χ0v) is 10.2. The highest BCUT2D eigenvalue weighted by Gasteiger charge is 2.30. The fourth-order valence-electron chi connectivity index (χ4n) is 2.36. The van der Waals surface area contributed by atoms with Crippen molar-refractivity contribution in [2.45, 2.75) is 58.0 Å². The molecule has 0 aromatic heterocycles. The Morgan fingerprint density at radius 3 is 2.67 bits per heavy atom. The highest BCUT2D eigenvalue weighted by atomic mass is 16.2. The largest absolute Gasteiger partial charge is 0.343 e. The first-order valence-corrected chi connectivity index (χ1v) is 6.08. The van der Waals surface area contributed by atoms with Crippen LogP contribution in [0.5, 0.6) is 0 Å². The molecule has 3 nitrogen and oxygen atoms in total. The van der Waals surface area contributed by atoms with Gasteiger partial charge in [-0.05, 0) is 32.6 Å². The summed E-state index contributed by atoms with van der Waals surface area (Å²) in [6.07, 6.45) is 5.07. The molecule has 3 heteroatoms. The summed E-state index contributed by atoms with van der Waals surface area (Å²) in [5.74, 6) is 0.480. The van der Waals surface area contributed by atoms with Crippen molar-refractivity contribution in [2.75, 3.05) is 7.05 Å². The second-order valence-corrected chi connectivity index (χ2v) is 4.86. The summed E-state index contributed by atoms with van der Waals surface area (Å²) in [7, 11) is 1.92. The second-order valence-electron chi connectivity index (χ2n) is 4.86. The van der Waals surface area contributed by atoms with Crippen molar-refractivity contribution in [3.63, 3.8) is 0 Å². The van der Waals surface area contributed by atoms with Crippen molar-refractivity contribution in [1.82, 2.24) is 4.90 Å². The van der Waals surface area contributed by atoms with Crippen LogP contribution in [0.25, 0.3) is 0 Å². The molecule has 1 aliphatic carbocycles. The Morgan fingerprint density at radius 2 is 2.20 bits per heavy atom. The SMILES string of the molecule is CCCC(C)N(C)C(=O)C1CCC(N)C1. The van der Waals surface area contributed by atoms with Crippen molar-refractivity contribution in [1.29, 1.82) is 0 Å². The molecule has 1 rings (SSSR count). The third-order valence-corrected chi connectivity index (χ3v) is 3.54. The number of amides is 1. The fourth-order valence-corrected chi connectivity index (χ4v) is 2.36. The van der Waals surface area contributed by atoms with Crippen LogP contribution in [0.4, 0.5) is 0 Å². The van der Waals surface area contributed by atoms with Crippen molar-refractivity contribution < 1.29 is 4.79 Å². The lowest BCUT2D eigenvalue weighted by Gasteiger charge is -2.27. The topological polar surface area (TPSA) is 46.3 Å². The van der Waals surface area contributed by atoms with E-state index in [0.717, 1.165) is 32.1 Å². The second kappa shape index (κ2) is 5.50. The van der Waals surface area contributed by atoms with Gasteiger partial charge in [0.25, 0.3) is 0 Å². The maximum atomic E-state index is 12.1. The van der Waals surface area contributed by atoms with Crippen LogP contribution in [-0.4, -0.2) is 29.9 Å². The summed E-state index contributed by atoms with van der Waals surface area (Å²) in [5, 5.41) is 0. The van der Waals surface area contributed by atoms with Crippen LogP contribution in [0.3, 0.4) is 0 Å². The molecule has 0 aromatic rings. The van der Waals surface area contributed by atoms with Crippen LogP contribution in [0, 0.1) is 5.92 Å². The number of nitrogens with zero attached hydrogens (tertiary/aromatic N) is 1. The maximum Gasteiger partial charge on any atom is 0.225 e. The number of nitrogens with two attached hydrogens (primary N) is 1. The van der Waals surface area contributed by atoms with E-state index < -0.39 is 0 Å². The molecular weight excluding hydrogens is 188 g/mol. The van der Waals surface area contributed by atoms with Gasteiger partial charge in [0.15, 0.2) is 0 Å². The maximum absolute atomic E-state index is 12.1. The van der Waals surface area contributed by atoms with Crippen molar-refractivity contribution in [3.05, 3.63) is 0 Å². The lowest BCUT2D eigenvalue weighted by molar-refractivity contribution is -0.135. The monoisotopic (exact) mass is 212 g/mol. The van der Waals surface area contributed by atoms with Gasteiger partial charge in [-0.25, -0.2) is 0 Å². The minimum absolute atomic E-state index is 0.185. The molecule has 0 radical (unpaired) electrons. The standard InChI is InChI=1S/C12H24N2O/c1-4-5-9(2)14(3)12(15)10-6-7-11(13)8-10/h9-11H,4-8,13H2,1-3H3. The molecule has 3 unspecified atom stereocenters. The molecule has 15 heavy (non-hydrogen) atoms. The predicted octanol–water partition coefficient (Wildman–Crippen LogP) is 1.76. The van der Waals surface area contributed by atoms with E-state index >= 15 is 0 Å². The fraction of sp³-hybridized carbons (Fsp3) is 0.917. The van der Waals surface area contributed by atoms with Crippen LogP contribution in [-0.2, 0) is 4.79 Å². The molecule has 1 saturated carbocycles. The normalized spacial score (nSPS) is 27.7. The Morgan fingerprint density at radius 1 is 1.53 bits per heavy atom. The number of carbonyl (C=O) groups is 1. The first-order chi connectivity index (χ1) is 7.06. The number of rotatable bonds is 4. The number of hydrogen-bond donors (Lipinski definition) is 1. The van der Waals surface area contributed by atoms with Gasteiger partial charge in [0, 0.05) is 25.0 Å². The van der Waals surface area contributed by atoms with Gasteiger partial charge in [-0.3, -0.25) is 4.79 Å². The van der Waals surface area contributed by atoms with Crippen LogP contribution < -0.4 is 5.73 Å². The molecular formula is C12H24N2O. The molecule has 1 aliphatic rings. The van der Waals surface area contributed by atoms with E-state index in [9.17, 15) is 4.79 Å². The smallest absolute Gasteiger partial charge is 0.225 e. The van der Waals surface area contributed by atoms with Crippen molar-refractivity contribution in [2.24, 2.45) is 11.7 Å². The minimum Gasteiger partial charge on any atom is -0.343 e. The summed E-state index contributed by atoms with van der Waals surface area (Å²) in [5.41, 5.74) is 5.83. The lowest BCUT2D eigenvalue weighted by atomic mass is 10.0. The van der Waals surface area contributed by atoms with Gasteiger partial charge in [0.1, 0.15) is 0 Å². The van der Waals surface area contributed by atoms with E-state index in [2.05, 4.69) is 13.8 Å². The van der Waals surface area contributed by atoms with E-state index in [1.54, 1.807) is 0 Å². The van der Waals surface area contributed by atoms with Gasteiger partial charge in [0.2, 0.25) is 5.91 Å². The van der Waals surface area contributed by atoms with E-state index in [1.807, 2.05) is 11.9 Å². The third kappa shape index (κ3) is 3.20. The van der Waals surface area contributed by atoms with Crippen molar-refractivity contribution in [3.8, 4) is 0 Å². The molecule has 88 valence electrons. The Labute approximate surface area is 93.0 Å². The first kappa shape index (κ1) is 12.5. The van der Waals surface area contributed by atoms with Gasteiger partial charge < -0.3 is 10.6 Å². The van der Waals surface area contributed by atoms with E-state index in [1.165, 1.54) is 0 Å². The molecule has 3 atom stereocenters.